The molecule has 1 atom stereocenters. The SMILES string of the molecule is CN(Cc1ccc2ccccc2c1)C(=O)NC[C@@H]1Cc2ccc(O)cc2CN1. The van der Waals surface area contributed by atoms with Crippen LogP contribution in [0, 0.1) is 0 Å². The molecule has 0 bridgehead atoms. The van der Waals surface area contributed by atoms with E-state index in [4.69, 9.17) is 0 Å². The largest absolute Gasteiger partial charge is 0.508 e. The Morgan fingerprint density at radius 3 is 2.79 bits per heavy atom. The number of rotatable bonds is 4. The van der Waals surface area contributed by atoms with E-state index >= 15 is 0 Å². The van der Waals surface area contributed by atoms with Crippen LogP contribution in [0.15, 0.2) is 60.7 Å². The van der Waals surface area contributed by atoms with E-state index in [9.17, 15) is 9.90 Å². The van der Waals surface area contributed by atoms with Crippen molar-refractivity contribution in [3.63, 3.8) is 0 Å². The van der Waals surface area contributed by atoms with Crippen LogP contribution in [0.5, 0.6) is 5.75 Å². The summed E-state index contributed by atoms with van der Waals surface area (Å²) in [5, 5.41) is 18.4. The normalized spacial score (nSPS) is 15.8. The highest BCUT2D eigenvalue weighted by Crippen LogP contribution is 2.21. The number of nitrogens with one attached hydrogen (secondary N) is 2. The molecular formula is C23H25N3O2. The predicted molar refractivity (Wildman–Crippen MR) is 111 cm³/mol. The molecule has 0 unspecified atom stereocenters. The fourth-order valence-corrected chi connectivity index (χ4v) is 3.74. The molecule has 3 aromatic carbocycles. The Balaban J connectivity index is 1.31. The van der Waals surface area contributed by atoms with Gasteiger partial charge in [-0.3, -0.25) is 0 Å². The second-order valence-electron chi connectivity index (χ2n) is 7.46. The first-order valence-corrected chi connectivity index (χ1v) is 9.59. The van der Waals surface area contributed by atoms with Gasteiger partial charge in [0.2, 0.25) is 0 Å². The summed E-state index contributed by atoms with van der Waals surface area (Å²) < 4.78 is 0. The molecule has 0 spiro atoms. The molecule has 5 nitrogen and oxygen atoms in total. The molecule has 0 saturated heterocycles. The molecule has 0 aromatic heterocycles. The van der Waals surface area contributed by atoms with Crippen LogP contribution in [0.25, 0.3) is 10.8 Å². The fraction of sp³-hybridized carbons (Fsp3) is 0.261. The minimum absolute atomic E-state index is 0.0774. The van der Waals surface area contributed by atoms with Gasteiger partial charge >= 0.3 is 6.03 Å². The Morgan fingerprint density at radius 2 is 1.93 bits per heavy atom. The average molecular weight is 375 g/mol. The Labute approximate surface area is 165 Å². The van der Waals surface area contributed by atoms with Gasteiger partial charge in [0.05, 0.1) is 0 Å². The highest BCUT2D eigenvalue weighted by molar-refractivity contribution is 5.83. The number of phenols is 1. The summed E-state index contributed by atoms with van der Waals surface area (Å²) in [5.41, 5.74) is 3.46. The third-order valence-electron chi connectivity index (χ3n) is 5.32. The van der Waals surface area contributed by atoms with Gasteiger partial charge in [-0.15, -0.1) is 0 Å². The van der Waals surface area contributed by atoms with Crippen LogP contribution in [0.2, 0.25) is 0 Å². The first-order valence-electron chi connectivity index (χ1n) is 9.59. The summed E-state index contributed by atoms with van der Waals surface area (Å²) in [6.07, 6.45) is 0.838. The Morgan fingerprint density at radius 1 is 1.11 bits per heavy atom. The molecule has 1 aliphatic heterocycles. The van der Waals surface area contributed by atoms with E-state index in [0.29, 0.717) is 25.4 Å². The topological polar surface area (TPSA) is 64.6 Å². The number of carbonyl (C=O) groups excluding carboxylic acids is 1. The maximum atomic E-state index is 12.5. The van der Waals surface area contributed by atoms with Crippen molar-refractivity contribution >= 4 is 16.8 Å². The minimum atomic E-state index is -0.0774. The highest BCUT2D eigenvalue weighted by Gasteiger charge is 2.19. The summed E-state index contributed by atoms with van der Waals surface area (Å²) in [6, 6.07) is 20.1. The maximum Gasteiger partial charge on any atom is 0.317 e. The van der Waals surface area contributed by atoms with Gasteiger partial charge in [0, 0.05) is 32.7 Å². The van der Waals surface area contributed by atoms with Gasteiger partial charge in [0.15, 0.2) is 0 Å². The lowest BCUT2D eigenvalue weighted by atomic mass is 9.95. The van der Waals surface area contributed by atoms with Crippen molar-refractivity contribution < 1.29 is 9.90 Å². The number of carbonyl (C=O) groups is 1. The Kier molecular flexibility index (Phi) is 5.17. The van der Waals surface area contributed by atoms with Crippen LogP contribution in [0.4, 0.5) is 4.79 Å². The third-order valence-corrected chi connectivity index (χ3v) is 5.32. The van der Waals surface area contributed by atoms with E-state index in [-0.39, 0.29) is 12.1 Å². The molecule has 0 radical (unpaired) electrons. The smallest absolute Gasteiger partial charge is 0.317 e. The van der Waals surface area contributed by atoms with Crippen molar-refractivity contribution in [3.05, 3.63) is 77.4 Å². The number of benzene rings is 3. The average Bonchev–Trinajstić information content (AvgIpc) is 2.71. The molecule has 2 amide bonds. The van der Waals surface area contributed by atoms with Crippen molar-refractivity contribution in [2.24, 2.45) is 0 Å². The molecule has 3 N–H and O–H groups in total. The second kappa shape index (κ2) is 7.90. The summed E-state index contributed by atoms with van der Waals surface area (Å²) >= 11 is 0. The standard InChI is InChI=1S/C23H25N3O2/c1-26(15-16-6-7-17-4-2-3-5-18(17)10-16)23(28)25-14-21-11-19-8-9-22(27)12-20(19)13-24-21/h2-10,12,21,24,27H,11,13-15H2,1H3,(H,25,28)/t21-/m0/s1. The Bertz CT molecular complexity index is 1000. The second-order valence-corrected chi connectivity index (χ2v) is 7.46. The number of nitrogens with zero attached hydrogens (tertiary/aromatic N) is 1. The molecule has 28 heavy (non-hydrogen) atoms. The summed E-state index contributed by atoms with van der Waals surface area (Å²) in [6.45, 7) is 1.84. The number of amides is 2. The van der Waals surface area contributed by atoms with Gasteiger partial charge in [-0.25, -0.2) is 4.79 Å². The first kappa shape index (κ1) is 18.3. The fourth-order valence-electron chi connectivity index (χ4n) is 3.74. The van der Waals surface area contributed by atoms with Crippen LogP contribution < -0.4 is 10.6 Å². The summed E-state index contributed by atoms with van der Waals surface area (Å²) in [5.74, 6) is 0.294. The number of phenolic OH excluding ortho intramolecular Hbond substituents is 1. The minimum Gasteiger partial charge on any atom is -0.508 e. The molecule has 4 rings (SSSR count). The molecule has 0 saturated carbocycles. The van der Waals surface area contributed by atoms with Gasteiger partial charge in [-0.2, -0.15) is 0 Å². The van der Waals surface area contributed by atoms with Crippen molar-refractivity contribution in [1.82, 2.24) is 15.5 Å². The zero-order valence-electron chi connectivity index (χ0n) is 16.0. The van der Waals surface area contributed by atoms with Crippen molar-refractivity contribution in [2.75, 3.05) is 13.6 Å². The molecule has 0 aliphatic carbocycles. The number of hydrogen-bond donors (Lipinski definition) is 3. The van der Waals surface area contributed by atoms with Crippen LogP contribution in [0.3, 0.4) is 0 Å². The van der Waals surface area contributed by atoms with E-state index in [1.54, 1.807) is 17.0 Å². The van der Waals surface area contributed by atoms with Crippen molar-refractivity contribution in [2.45, 2.75) is 25.6 Å². The number of aromatic hydroxyl groups is 1. The quantitative estimate of drug-likeness (QED) is 0.655. The maximum absolute atomic E-state index is 12.5. The van der Waals surface area contributed by atoms with E-state index in [2.05, 4.69) is 41.0 Å². The lowest BCUT2D eigenvalue weighted by molar-refractivity contribution is 0.205. The molecule has 5 heteroatoms. The number of fused-ring (bicyclic) bond motifs is 2. The molecule has 144 valence electrons. The van der Waals surface area contributed by atoms with E-state index < -0.39 is 0 Å². The van der Waals surface area contributed by atoms with Gasteiger partial charge in [0.25, 0.3) is 0 Å². The van der Waals surface area contributed by atoms with Crippen LogP contribution in [-0.2, 0) is 19.5 Å². The zero-order chi connectivity index (χ0) is 19.5. The van der Waals surface area contributed by atoms with Gasteiger partial charge in [-0.1, -0.05) is 42.5 Å². The zero-order valence-corrected chi connectivity index (χ0v) is 16.0. The lowest BCUT2D eigenvalue weighted by Gasteiger charge is -2.27. The van der Waals surface area contributed by atoms with Crippen LogP contribution in [0.1, 0.15) is 16.7 Å². The monoisotopic (exact) mass is 375 g/mol. The van der Waals surface area contributed by atoms with Crippen molar-refractivity contribution in [3.8, 4) is 5.75 Å². The molecule has 1 aliphatic rings. The van der Waals surface area contributed by atoms with Crippen molar-refractivity contribution in [1.29, 1.82) is 0 Å². The van der Waals surface area contributed by atoms with Gasteiger partial charge in [-0.05, 0) is 52.1 Å². The van der Waals surface area contributed by atoms with Crippen LogP contribution >= 0.6 is 0 Å². The molecular weight excluding hydrogens is 350 g/mol. The highest BCUT2D eigenvalue weighted by atomic mass is 16.3. The summed E-state index contributed by atoms with van der Waals surface area (Å²) in [4.78, 5) is 14.2. The third kappa shape index (κ3) is 4.10. The number of hydrogen-bond acceptors (Lipinski definition) is 3. The van der Waals surface area contributed by atoms with E-state index in [0.717, 1.165) is 17.5 Å². The molecule has 3 aromatic rings. The predicted octanol–water partition coefficient (Wildman–Crippen LogP) is 3.40. The van der Waals surface area contributed by atoms with E-state index in [1.807, 2.05) is 25.2 Å². The summed E-state index contributed by atoms with van der Waals surface area (Å²) in [7, 11) is 1.82. The number of urea groups is 1. The van der Waals surface area contributed by atoms with Crippen LogP contribution in [-0.4, -0.2) is 35.7 Å². The van der Waals surface area contributed by atoms with E-state index in [1.165, 1.54) is 16.3 Å². The molecule has 1 heterocycles. The lowest BCUT2D eigenvalue weighted by Crippen LogP contribution is -2.47. The van der Waals surface area contributed by atoms with Gasteiger partial charge in [0.1, 0.15) is 5.75 Å². The van der Waals surface area contributed by atoms with Gasteiger partial charge < -0.3 is 20.6 Å². The first-order chi connectivity index (χ1) is 13.6. The Hall–Kier alpha value is -3.05. The molecule has 0 fully saturated rings.